The van der Waals surface area contributed by atoms with Gasteiger partial charge in [-0.05, 0) is 5.41 Å². The molecule has 0 saturated carbocycles. The van der Waals surface area contributed by atoms with Gasteiger partial charge >= 0.3 is 0 Å². The fraction of sp³-hybridized carbons (Fsp3) is 0.400. The summed E-state index contributed by atoms with van der Waals surface area (Å²) in [6.45, 7) is 6.32. The molecule has 0 atom stereocenters. The van der Waals surface area contributed by atoms with Crippen molar-refractivity contribution in [1.82, 2.24) is 14.4 Å². The number of nitrogens with zero attached hydrogens (tertiary/aromatic N) is 3. The molecule has 4 nitrogen and oxygen atoms in total. The van der Waals surface area contributed by atoms with E-state index in [0.29, 0.717) is 5.82 Å². The number of aromatic nitrogens is 3. The second-order valence-corrected chi connectivity index (χ2v) is 4.41. The molecule has 2 aromatic rings. The molecule has 4 heteroatoms. The Morgan fingerprint density at radius 3 is 2.64 bits per heavy atom. The molecule has 0 aliphatic heterocycles. The topological polar surface area (TPSA) is 56.2 Å². The first-order valence-electron chi connectivity index (χ1n) is 4.58. The monoisotopic (exact) mass is 190 g/mol. The van der Waals surface area contributed by atoms with E-state index in [4.69, 9.17) is 5.73 Å². The Balaban J connectivity index is 2.83. The van der Waals surface area contributed by atoms with Gasteiger partial charge in [-0.3, -0.25) is 4.40 Å². The minimum absolute atomic E-state index is 0.0368. The van der Waals surface area contributed by atoms with Gasteiger partial charge in [0.1, 0.15) is 17.8 Å². The van der Waals surface area contributed by atoms with Crippen LogP contribution in [0.25, 0.3) is 5.65 Å². The molecular weight excluding hydrogens is 176 g/mol. The van der Waals surface area contributed by atoms with Gasteiger partial charge in [-0.25, -0.2) is 9.97 Å². The van der Waals surface area contributed by atoms with Crippen LogP contribution in [0.15, 0.2) is 18.7 Å². The first-order chi connectivity index (χ1) is 6.50. The van der Waals surface area contributed by atoms with Crippen LogP contribution in [-0.4, -0.2) is 14.4 Å². The van der Waals surface area contributed by atoms with E-state index in [1.165, 1.54) is 0 Å². The predicted octanol–water partition coefficient (Wildman–Crippen LogP) is 1.61. The lowest BCUT2D eigenvalue weighted by Crippen LogP contribution is -2.17. The molecule has 0 unspecified atom stereocenters. The molecule has 74 valence electrons. The summed E-state index contributed by atoms with van der Waals surface area (Å²) in [5.41, 5.74) is 7.73. The number of hydrogen-bond donors (Lipinski definition) is 1. The molecule has 0 aromatic carbocycles. The lowest BCUT2D eigenvalue weighted by Gasteiger charge is -2.20. The SMILES string of the molecule is CC(C)(C)c1c(N)ncn2ccnc12. The highest BCUT2D eigenvalue weighted by Gasteiger charge is 2.22. The van der Waals surface area contributed by atoms with Crippen LogP contribution in [0.1, 0.15) is 26.3 Å². The number of rotatable bonds is 0. The van der Waals surface area contributed by atoms with Crippen LogP contribution >= 0.6 is 0 Å². The molecule has 2 aromatic heterocycles. The van der Waals surface area contributed by atoms with Crippen molar-refractivity contribution in [1.29, 1.82) is 0 Å². The van der Waals surface area contributed by atoms with E-state index in [-0.39, 0.29) is 5.41 Å². The lowest BCUT2D eigenvalue weighted by molar-refractivity contribution is 0.591. The van der Waals surface area contributed by atoms with Crippen molar-refractivity contribution in [2.75, 3.05) is 5.73 Å². The number of nitrogens with two attached hydrogens (primary N) is 1. The minimum Gasteiger partial charge on any atom is -0.383 e. The zero-order chi connectivity index (χ0) is 10.3. The van der Waals surface area contributed by atoms with Gasteiger partial charge in [0.25, 0.3) is 0 Å². The first-order valence-corrected chi connectivity index (χ1v) is 4.58. The van der Waals surface area contributed by atoms with Crippen molar-refractivity contribution in [2.45, 2.75) is 26.2 Å². The quantitative estimate of drug-likeness (QED) is 0.686. The summed E-state index contributed by atoms with van der Waals surface area (Å²) in [5, 5.41) is 0. The van der Waals surface area contributed by atoms with Gasteiger partial charge in [0.05, 0.1) is 0 Å². The van der Waals surface area contributed by atoms with Gasteiger partial charge in [0.15, 0.2) is 0 Å². The summed E-state index contributed by atoms with van der Waals surface area (Å²) in [4.78, 5) is 8.44. The van der Waals surface area contributed by atoms with E-state index >= 15 is 0 Å². The molecule has 2 N–H and O–H groups in total. The van der Waals surface area contributed by atoms with Gasteiger partial charge in [0, 0.05) is 18.0 Å². The average molecular weight is 190 g/mol. The van der Waals surface area contributed by atoms with Crippen molar-refractivity contribution < 1.29 is 0 Å². The third kappa shape index (κ3) is 1.23. The molecular formula is C10H14N4. The summed E-state index contributed by atoms with van der Waals surface area (Å²) >= 11 is 0. The highest BCUT2D eigenvalue weighted by atomic mass is 15.1. The third-order valence-corrected chi connectivity index (χ3v) is 2.22. The molecule has 14 heavy (non-hydrogen) atoms. The second-order valence-electron chi connectivity index (χ2n) is 4.41. The van der Waals surface area contributed by atoms with Crippen molar-refractivity contribution >= 4 is 11.5 Å². The Hall–Kier alpha value is -1.58. The number of anilines is 1. The van der Waals surface area contributed by atoms with Gasteiger partial charge < -0.3 is 5.73 Å². The maximum absolute atomic E-state index is 5.87. The summed E-state index contributed by atoms with van der Waals surface area (Å²) in [6, 6.07) is 0. The van der Waals surface area contributed by atoms with E-state index in [1.54, 1.807) is 12.5 Å². The second kappa shape index (κ2) is 2.70. The van der Waals surface area contributed by atoms with Crippen LogP contribution in [0.4, 0.5) is 5.82 Å². The Kier molecular flexibility index (Phi) is 1.74. The van der Waals surface area contributed by atoms with E-state index in [0.717, 1.165) is 11.2 Å². The fourth-order valence-electron chi connectivity index (χ4n) is 1.62. The summed E-state index contributed by atoms with van der Waals surface area (Å²) in [7, 11) is 0. The van der Waals surface area contributed by atoms with Crippen LogP contribution in [0.5, 0.6) is 0 Å². The van der Waals surface area contributed by atoms with Crippen LogP contribution < -0.4 is 5.73 Å². The highest BCUT2D eigenvalue weighted by Crippen LogP contribution is 2.29. The van der Waals surface area contributed by atoms with E-state index < -0.39 is 0 Å². The van der Waals surface area contributed by atoms with Crippen LogP contribution in [0.3, 0.4) is 0 Å². The van der Waals surface area contributed by atoms with Gasteiger partial charge in [-0.1, -0.05) is 20.8 Å². The maximum Gasteiger partial charge on any atom is 0.145 e. The zero-order valence-electron chi connectivity index (χ0n) is 8.65. The Labute approximate surface area is 82.8 Å². The number of nitrogen functional groups attached to an aromatic ring is 1. The van der Waals surface area contributed by atoms with Gasteiger partial charge in [-0.2, -0.15) is 0 Å². The lowest BCUT2D eigenvalue weighted by atomic mass is 9.88. The van der Waals surface area contributed by atoms with E-state index in [2.05, 4.69) is 30.7 Å². The molecule has 0 saturated heterocycles. The largest absolute Gasteiger partial charge is 0.383 e. The van der Waals surface area contributed by atoms with Crippen molar-refractivity contribution in [3.8, 4) is 0 Å². The smallest absolute Gasteiger partial charge is 0.145 e. The van der Waals surface area contributed by atoms with Gasteiger partial charge in [0.2, 0.25) is 0 Å². The molecule has 0 bridgehead atoms. The molecule has 0 aliphatic rings. The predicted molar refractivity (Wildman–Crippen MR) is 56.1 cm³/mol. The maximum atomic E-state index is 5.87. The van der Waals surface area contributed by atoms with E-state index in [9.17, 15) is 0 Å². The Bertz CT molecular complexity index is 464. The van der Waals surface area contributed by atoms with E-state index in [1.807, 2.05) is 10.6 Å². The van der Waals surface area contributed by atoms with Crippen LogP contribution in [-0.2, 0) is 5.41 Å². The van der Waals surface area contributed by atoms with Crippen molar-refractivity contribution in [2.24, 2.45) is 0 Å². The van der Waals surface area contributed by atoms with Crippen LogP contribution in [0.2, 0.25) is 0 Å². The molecule has 2 rings (SSSR count). The Morgan fingerprint density at radius 2 is 2.00 bits per heavy atom. The summed E-state index contributed by atoms with van der Waals surface area (Å²) in [5.74, 6) is 0.566. The molecule has 0 radical (unpaired) electrons. The number of hydrogen-bond acceptors (Lipinski definition) is 3. The standard InChI is InChI=1S/C10H14N4/c1-10(2,3)7-8(11)13-6-14-5-4-12-9(7)14/h4-6H,11H2,1-3H3. The summed E-state index contributed by atoms with van der Waals surface area (Å²) in [6.07, 6.45) is 5.32. The Morgan fingerprint density at radius 1 is 1.29 bits per heavy atom. The van der Waals surface area contributed by atoms with Gasteiger partial charge in [-0.15, -0.1) is 0 Å². The third-order valence-electron chi connectivity index (χ3n) is 2.22. The first kappa shape index (κ1) is 8.99. The highest BCUT2D eigenvalue weighted by molar-refractivity contribution is 5.61. The molecule has 0 aliphatic carbocycles. The number of fused-ring (bicyclic) bond motifs is 1. The molecule has 0 amide bonds. The number of imidazole rings is 1. The zero-order valence-corrected chi connectivity index (χ0v) is 8.65. The fourth-order valence-corrected chi connectivity index (χ4v) is 1.62. The minimum atomic E-state index is -0.0368. The van der Waals surface area contributed by atoms with Crippen LogP contribution in [0, 0.1) is 0 Å². The molecule has 0 fully saturated rings. The normalized spacial score (nSPS) is 12.2. The molecule has 0 spiro atoms. The molecule has 2 heterocycles. The van der Waals surface area contributed by atoms with Crippen molar-refractivity contribution in [3.05, 3.63) is 24.3 Å². The summed E-state index contributed by atoms with van der Waals surface area (Å²) < 4.78 is 1.89. The average Bonchev–Trinajstić information content (AvgIpc) is 2.48. The van der Waals surface area contributed by atoms with Crippen molar-refractivity contribution in [3.63, 3.8) is 0 Å².